The third kappa shape index (κ3) is 3.78. The zero-order valence-corrected chi connectivity index (χ0v) is 14.0. The van der Waals surface area contributed by atoms with Gasteiger partial charge in [0.1, 0.15) is 0 Å². The fraction of sp³-hybridized carbons (Fsp3) is 0.684. The average molecular weight is 291 g/mol. The van der Waals surface area contributed by atoms with Gasteiger partial charge in [-0.3, -0.25) is 0 Å². The van der Waals surface area contributed by atoms with E-state index in [1.165, 1.54) is 12.8 Å². The molecule has 2 rings (SSSR count). The van der Waals surface area contributed by atoms with E-state index in [0.29, 0.717) is 17.8 Å². The number of allylic oxidation sites excluding steroid dienone is 2. The minimum atomic E-state index is 0.319. The number of rotatable bonds is 6. The van der Waals surface area contributed by atoms with E-state index in [-0.39, 0.29) is 0 Å². The Hall–Kier alpha value is -1.05. The molecule has 1 aliphatic rings. The fourth-order valence-electron chi connectivity index (χ4n) is 3.52. The summed E-state index contributed by atoms with van der Waals surface area (Å²) >= 11 is 0. The van der Waals surface area contributed by atoms with E-state index < -0.39 is 0 Å². The van der Waals surface area contributed by atoms with Crippen LogP contribution in [0.2, 0.25) is 0 Å². The topological polar surface area (TPSA) is 4.93 Å². The summed E-state index contributed by atoms with van der Waals surface area (Å²) in [6, 6.07) is 3.97. The summed E-state index contributed by atoms with van der Waals surface area (Å²) in [7, 11) is 0. The van der Waals surface area contributed by atoms with Gasteiger partial charge >= 0.3 is 0 Å². The van der Waals surface area contributed by atoms with Crippen molar-refractivity contribution < 1.29 is 4.48 Å². The van der Waals surface area contributed by atoms with Crippen molar-refractivity contribution in [3.63, 3.8) is 0 Å². The summed E-state index contributed by atoms with van der Waals surface area (Å²) in [6.45, 7) is 8.88. The SMILES string of the molecule is CCCc1ccc(C2C[C@H](C[C@H](C)CC)C=CC2C)n1F. The van der Waals surface area contributed by atoms with Gasteiger partial charge in [-0.25, -0.2) is 0 Å². The number of aryl methyl sites for hydroxylation is 1. The lowest BCUT2D eigenvalue weighted by Crippen LogP contribution is -2.20. The van der Waals surface area contributed by atoms with Crippen molar-refractivity contribution in [2.45, 2.75) is 65.7 Å². The molecule has 0 bridgehead atoms. The second-order valence-corrected chi connectivity index (χ2v) is 6.88. The minimum absolute atomic E-state index is 0.319. The third-order valence-electron chi connectivity index (χ3n) is 5.09. The standard InChI is InChI=1S/C19H30FN/c1-5-7-17-10-11-19(21(17)20)18-13-16(9-8-15(18)4)12-14(3)6-2/h8-11,14-16,18H,5-7,12-13H2,1-4H3/t14-,15?,16+,18?/m1/s1. The van der Waals surface area contributed by atoms with Crippen molar-refractivity contribution in [2.24, 2.45) is 17.8 Å². The Morgan fingerprint density at radius 3 is 2.71 bits per heavy atom. The zero-order chi connectivity index (χ0) is 15.4. The van der Waals surface area contributed by atoms with Crippen LogP contribution >= 0.6 is 0 Å². The normalized spacial score (nSPS) is 27.0. The van der Waals surface area contributed by atoms with Crippen molar-refractivity contribution in [1.29, 1.82) is 0 Å². The molecule has 2 heteroatoms. The van der Waals surface area contributed by atoms with Gasteiger partial charge < -0.3 is 0 Å². The van der Waals surface area contributed by atoms with Crippen LogP contribution in [0, 0.1) is 17.8 Å². The van der Waals surface area contributed by atoms with Gasteiger partial charge in [0.2, 0.25) is 0 Å². The van der Waals surface area contributed by atoms with Crippen LogP contribution in [0.15, 0.2) is 24.3 Å². The predicted octanol–water partition coefficient (Wildman–Crippen LogP) is 5.91. The second kappa shape index (κ2) is 7.29. The Balaban J connectivity index is 2.13. The third-order valence-corrected chi connectivity index (χ3v) is 5.09. The zero-order valence-electron chi connectivity index (χ0n) is 14.0. The summed E-state index contributed by atoms with van der Waals surface area (Å²) in [5.74, 6) is 2.10. The highest BCUT2D eigenvalue weighted by Crippen LogP contribution is 2.39. The fourth-order valence-corrected chi connectivity index (χ4v) is 3.52. The maximum absolute atomic E-state index is 14.5. The largest absolute Gasteiger partial charge is 0.188 e. The van der Waals surface area contributed by atoms with Crippen LogP contribution in [0.5, 0.6) is 0 Å². The molecule has 0 N–H and O–H groups in total. The van der Waals surface area contributed by atoms with Crippen molar-refractivity contribution in [3.05, 3.63) is 35.7 Å². The van der Waals surface area contributed by atoms with E-state index in [1.54, 1.807) is 0 Å². The monoisotopic (exact) mass is 291 g/mol. The smallest absolute Gasteiger partial charge is 0.0554 e. The maximum Gasteiger partial charge on any atom is 0.0554 e. The van der Waals surface area contributed by atoms with Gasteiger partial charge in [0, 0.05) is 5.92 Å². The van der Waals surface area contributed by atoms with Crippen molar-refractivity contribution >= 4 is 0 Å². The molecule has 118 valence electrons. The lowest BCUT2D eigenvalue weighted by atomic mass is 9.75. The highest BCUT2D eigenvalue weighted by Gasteiger charge is 2.28. The molecule has 4 atom stereocenters. The molecule has 0 aromatic carbocycles. The first-order chi connectivity index (χ1) is 10.1. The average Bonchev–Trinajstić information content (AvgIpc) is 2.83. The van der Waals surface area contributed by atoms with Crippen molar-refractivity contribution in [1.82, 2.24) is 4.79 Å². The van der Waals surface area contributed by atoms with E-state index >= 15 is 0 Å². The molecule has 0 fully saturated rings. The van der Waals surface area contributed by atoms with Gasteiger partial charge in [-0.2, -0.15) is 4.79 Å². The Morgan fingerprint density at radius 1 is 1.29 bits per heavy atom. The maximum atomic E-state index is 14.5. The van der Waals surface area contributed by atoms with Crippen LogP contribution in [-0.4, -0.2) is 4.79 Å². The number of hydrogen-bond acceptors (Lipinski definition) is 0. The van der Waals surface area contributed by atoms with Crippen LogP contribution in [-0.2, 0) is 6.42 Å². The molecule has 1 aromatic rings. The molecule has 21 heavy (non-hydrogen) atoms. The Kier molecular flexibility index (Phi) is 5.66. The van der Waals surface area contributed by atoms with Gasteiger partial charge in [0.05, 0.1) is 11.4 Å². The van der Waals surface area contributed by atoms with Crippen LogP contribution in [0.1, 0.15) is 70.7 Å². The molecule has 0 radical (unpaired) electrons. The van der Waals surface area contributed by atoms with Crippen molar-refractivity contribution in [2.75, 3.05) is 0 Å². The summed E-state index contributed by atoms with van der Waals surface area (Å²) in [5, 5.41) is 0. The summed E-state index contributed by atoms with van der Waals surface area (Å²) < 4.78 is 14.5. The highest BCUT2D eigenvalue weighted by molar-refractivity contribution is 5.22. The van der Waals surface area contributed by atoms with Gasteiger partial charge in [0.15, 0.2) is 0 Å². The van der Waals surface area contributed by atoms with Crippen LogP contribution in [0.3, 0.4) is 0 Å². The summed E-state index contributed by atoms with van der Waals surface area (Å²) in [6.07, 6.45) is 10.0. The van der Waals surface area contributed by atoms with Gasteiger partial charge in [-0.1, -0.05) is 57.2 Å². The van der Waals surface area contributed by atoms with Crippen molar-refractivity contribution in [3.8, 4) is 0 Å². The first kappa shape index (κ1) is 16.3. The molecule has 0 amide bonds. The molecular formula is C19H30FN. The molecular weight excluding hydrogens is 261 g/mol. The molecule has 0 aliphatic heterocycles. The van der Waals surface area contributed by atoms with E-state index in [0.717, 1.165) is 41.4 Å². The number of aromatic nitrogens is 1. The molecule has 1 heterocycles. The molecule has 1 aliphatic carbocycles. The Labute approximate surface area is 129 Å². The summed E-state index contributed by atoms with van der Waals surface area (Å²) in [5.41, 5.74) is 1.71. The van der Waals surface area contributed by atoms with Crippen LogP contribution in [0.25, 0.3) is 0 Å². The highest BCUT2D eigenvalue weighted by atomic mass is 19.2. The van der Waals surface area contributed by atoms with E-state index in [1.807, 2.05) is 12.1 Å². The Morgan fingerprint density at radius 2 is 2.05 bits per heavy atom. The van der Waals surface area contributed by atoms with Crippen LogP contribution in [0.4, 0.5) is 4.48 Å². The molecule has 0 saturated carbocycles. The second-order valence-electron chi connectivity index (χ2n) is 6.88. The van der Waals surface area contributed by atoms with E-state index in [4.69, 9.17) is 0 Å². The van der Waals surface area contributed by atoms with Gasteiger partial charge in [0.25, 0.3) is 0 Å². The Bertz CT molecular complexity index is 474. The molecule has 2 unspecified atom stereocenters. The quantitative estimate of drug-likeness (QED) is 0.575. The molecule has 0 saturated heterocycles. The predicted molar refractivity (Wildman–Crippen MR) is 88.2 cm³/mol. The van der Waals surface area contributed by atoms with Crippen LogP contribution < -0.4 is 0 Å². The minimum Gasteiger partial charge on any atom is -0.188 e. The lowest BCUT2D eigenvalue weighted by molar-refractivity contribution is 0.290. The van der Waals surface area contributed by atoms with Gasteiger partial charge in [-0.15, -0.1) is 0 Å². The molecule has 1 aromatic heterocycles. The molecule has 1 nitrogen and oxygen atoms in total. The first-order valence-electron chi connectivity index (χ1n) is 8.61. The van der Waals surface area contributed by atoms with Gasteiger partial charge in [-0.05, 0) is 49.1 Å². The van der Waals surface area contributed by atoms with E-state index in [2.05, 4.69) is 39.8 Å². The number of hydrogen-bond donors (Lipinski definition) is 0. The van der Waals surface area contributed by atoms with E-state index in [9.17, 15) is 4.48 Å². The number of halogens is 1. The lowest BCUT2D eigenvalue weighted by Gasteiger charge is -2.31. The summed E-state index contributed by atoms with van der Waals surface area (Å²) in [4.78, 5) is 0.962. The molecule has 0 spiro atoms. The first-order valence-corrected chi connectivity index (χ1v) is 8.61. The number of nitrogens with zero attached hydrogens (tertiary/aromatic N) is 1.